The third-order valence-electron chi connectivity index (χ3n) is 8.58. The number of nitrogens with zero attached hydrogens (tertiary/aromatic N) is 6. The number of esters is 2. The van der Waals surface area contributed by atoms with Crippen molar-refractivity contribution in [1.82, 2.24) is 19.1 Å². The monoisotopic (exact) mass is 646 g/mol. The average Bonchev–Trinajstić information content (AvgIpc) is 3.69. The van der Waals surface area contributed by atoms with Gasteiger partial charge in [-0.05, 0) is 12.1 Å². The quantitative estimate of drug-likeness (QED) is 0.145. The molecule has 6 aromatic rings. The Hall–Kier alpha value is -6.42. The van der Waals surface area contributed by atoms with Gasteiger partial charge in [0.1, 0.15) is 12.7 Å². The lowest BCUT2D eigenvalue weighted by Crippen LogP contribution is -2.14. The molecule has 0 saturated carbocycles. The number of hydrogen-bond donors (Lipinski definition) is 0. The van der Waals surface area contributed by atoms with Crippen LogP contribution >= 0.6 is 0 Å². The lowest BCUT2D eigenvalue weighted by atomic mass is 10.0. The summed E-state index contributed by atoms with van der Waals surface area (Å²) in [6.45, 7) is 0.620. The van der Waals surface area contributed by atoms with Gasteiger partial charge in [-0.1, -0.05) is 97.1 Å². The molecule has 0 atom stereocenters. The number of fused-ring (bicyclic) bond motifs is 6. The minimum atomic E-state index is -0.555. The number of benzene rings is 4. The Morgan fingerprint density at radius 1 is 0.551 bits per heavy atom. The van der Waals surface area contributed by atoms with Gasteiger partial charge in [-0.15, -0.1) is 0 Å². The molecule has 2 aliphatic rings. The van der Waals surface area contributed by atoms with Crippen LogP contribution in [0.25, 0.3) is 11.4 Å². The van der Waals surface area contributed by atoms with Crippen LogP contribution in [-0.2, 0) is 22.6 Å². The van der Waals surface area contributed by atoms with Crippen LogP contribution in [0.5, 0.6) is 0 Å². The molecule has 2 aliphatic heterocycles. The highest BCUT2D eigenvalue weighted by molar-refractivity contribution is 6.16. The molecule has 0 bridgehead atoms. The Morgan fingerprint density at radius 3 is 1.41 bits per heavy atom. The maximum Gasteiger partial charge on any atom is 0.358 e. The van der Waals surface area contributed by atoms with Crippen molar-refractivity contribution in [1.29, 1.82) is 0 Å². The third kappa shape index (κ3) is 5.63. The Labute approximate surface area is 282 Å². The van der Waals surface area contributed by atoms with E-state index in [1.54, 1.807) is 12.7 Å². The highest BCUT2D eigenvalue weighted by Crippen LogP contribution is 2.28. The first-order chi connectivity index (χ1) is 24.2. The van der Waals surface area contributed by atoms with Gasteiger partial charge in [-0.2, -0.15) is 0 Å². The Balaban J connectivity index is 0.922. The highest BCUT2D eigenvalue weighted by Gasteiger charge is 2.27. The van der Waals surface area contributed by atoms with Crippen LogP contribution in [0.15, 0.2) is 132 Å². The van der Waals surface area contributed by atoms with Crippen LogP contribution < -0.4 is 0 Å². The van der Waals surface area contributed by atoms with Crippen molar-refractivity contribution in [2.45, 2.75) is 19.5 Å². The molecule has 0 N–H and O–H groups in total. The SMILES string of the molecule is O=C(OCCCOC(=O)c1ncn2c1CN=C(c1ccccc1)c1ccccc1-2)c1ncn2c1CN=C(c1ccccc1)c1ccccc1-2. The zero-order valence-corrected chi connectivity index (χ0v) is 26.4. The molecule has 0 fully saturated rings. The van der Waals surface area contributed by atoms with Crippen molar-refractivity contribution in [3.8, 4) is 11.4 Å². The number of imidazole rings is 2. The molecule has 4 aromatic carbocycles. The van der Waals surface area contributed by atoms with Gasteiger partial charge in [0.25, 0.3) is 0 Å². The van der Waals surface area contributed by atoms with E-state index >= 15 is 0 Å². The molecule has 4 heterocycles. The number of aliphatic imine (C=N–C) groups is 2. The minimum absolute atomic E-state index is 0.0485. The van der Waals surface area contributed by atoms with Gasteiger partial charge < -0.3 is 9.47 Å². The van der Waals surface area contributed by atoms with Crippen molar-refractivity contribution >= 4 is 23.4 Å². The first-order valence-electron chi connectivity index (χ1n) is 16.0. The molecular weight excluding hydrogens is 616 g/mol. The molecule has 49 heavy (non-hydrogen) atoms. The lowest BCUT2D eigenvalue weighted by molar-refractivity contribution is 0.0388. The van der Waals surface area contributed by atoms with Crippen LogP contribution in [0.4, 0.5) is 0 Å². The summed E-state index contributed by atoms with van der Waals surface area (Å²) in [4.78, 5) is 44.9. The molecule has 0 aliphatic carbocycles. The molecule has 10 heteroatoms. The van der Waals surface area contributed by atoms with Gasteiger partial charge in [0.15, 0.2) is 11.4 Å². The van der Waals surface area contributed by atoms with Gasteiger partial charge >= 0.3 is 11.9 Å². The number of para-hydroxylation sites is 2. The summed E-state index contributed by atoms with van der Waals surface area (Å²) in [6, 6.07) is 35.8. The summed E-state index contributed by atoms with van der Waals surface area (Å²) in [5.74, 6) is -1.11. The molecule has 0 amide bonds. The standard InChI is InChI=1S/C39H30N6O4/c46-38(36-32-22-40-34(26-12-3-1-4-13-26)28-16-7-9-18-30(28)44(32)24-42-36)48-20-11-21-49-39(47)37-33-23-41-35(27-14-5-2-6-15-27)29-17-8-10-19-31(29)45(33)25-43-37/h1-10,12-19,24-25H,11,20-23H2. The van der Waals surface area contributed by atoms with Gasteiger partial charge in [0.05, 0.1) is 60.5 Å². The van der Waals surface area contributed by atoms with Gasteiger partial charge in [-0.3, -0.25) is 19.1 Å². The summed E-state index contributed by atoms with van der Waals surface area (Å²) in [5, 5.41) is 0. The fourth-order valence-corrected chi connectivity index (χ4v) is 6.26. The number of hydrogen-bond acceptors (Lipinski definition) is 8. The largest absolute Gasteiger partial charge is 0.461 e. The minimum Gasteiger partial charge on any atom is -0.461 e. The number of aromatic nitrogens is 4. The van der Waals surface area contributed by atoms with Crippen LogP contribution in [0.3, 0.4) is 0 Å². The van der Waals surface area contributed by atoms with Gasteiger partial charge in [-0.25, -0.2) is 19.6 Å². The predicted octanol–water partition coefficient (Wildman–Crippen LogP) is 6.16. The van der Waals surface area contributed by atoms with Crippen LogP contribution in [0.2, 0.25) is 0 Å². The Morgan fingerprint density at radius 2 is 0.959 bits per heavy atom. The maximum atomic E-state index is 13.2. The van der Waals surface area contributed by atoms with Crippen molar-refractivity contribution in [3.63, 3.8) is 0 Å². The van der Waals surface area contributed by atoms with E-state index in [-0.39, 0.29) is 37.7 Å². The Kier molecular flexibility index (Phi) is 7.94. The lowest BCUT2D eigenvalue weighted by Gasteiger charge is -2.11. The van der Waals surface area contributed by atoms with E-state index in [4.69, 9.17) is 19.5 Å². The zero-order valence-electron chi connectivity index (χ0n) is 26.4. The second-order valence-corrected chi connectivity index (χ2v) is 11.5. The average molecular weight is 647 g/mol. The van der Waals surface area contributed by atoms with Crippen molar-refractivity contribution in [2.24, 2.45) is 9.98 Å². The smallest absolute Gasteiger partial charge is 0.358 e. The second-order valence-electron chi connectivity index (χ2n) is 11.5. The number of rotatable bonds is 8. The van der Waals surface area contributed by atoms with E-state index in [0.717, 1.165) is 45.1 Å². The molecule has 0 saturated heterocycles. The second kappa shape index (κ2) is 13.0. The molecule has 240 valence electrons. The zero-order chi connectivity index (χ0) is 33.2. The third-order valence-corrected chi connectivity index (χ3v) is 8.58. The molecule has 0 spiro atoms. The van der Waals surface area contributed by atoms with E-state index in [2.05, 4.69) is 9.97 Å². The first kappa shape index (κ1) is 29.9. The molecule has 8 rings (SSSR count). The summed E-state index contributed by atoms with van der Waals surface area (Å²) in [5.41, 5.74) is 9.08. The molecule has 10 nitrogen and oxygen atoms in total. The number of carbonyl (C=O) groups is 2. The first-order valence-corrected chi connectivity index (χ1v) is 16.0. The van der Waals surface area contributed by atoms with E-state index in [1.165, 1.54) is 0 Å². The summed E-state index contributed by atoms with van der Waals surface area (Å²) >= 11 is 0. The highest BCUT2D eigenvalue weighted by atomic mass is 16.5. The van der Waals surface area contributed by atoms with Crippen LogP contribution in [0.1, 0.15) is 61.0 Å². The van der Waals surface area contributed by atoms with Gasteiger partial charge in [0.2, 0.25) is 0 Å². The summed E-state index contributed by atoms with van der Waals surface area (Å²) < 4.78 is 14.9. The van der Waals surface area contributed by atoms with E-state index in [0.29, 0.717) is 17.8 Å². The Bertz CT molecular complexity index is 2090. The summed E-state index contributed by atoms with van der Waals surface area (Å²) in [7, 11) is 0. The fraction of sp³-hybridized carbons (Fsp3) is 0.128. The van der Waals surface area contributed by atoms with Crippen molar-refractivity contribution in [2.75, 3.05) is 13.2 Å². The number of ether oxygens (including phenoxy) is 2. The van der Waals surface area contributed by atoms with Crippen molar-refractivity contribution in [3.05, 3.63) is 167 Å². The van der Waals surface area contributed by atoms with Gasteiger partial charge in [0, 0.05) is 28.7 Å². The molecule has 0 unspecified atom stereocenters. The van der Waals surface area contributed by atoms with E-state index < -0.39 is 11.9 Å². The normalized spacial score (nSPS) is 13.0. The molecular formula is C39H30N6O4. The summed E-state index contributed by atoms with van der Waals surface area (Å²) in [6.07, 6.45) is 3.58. The van der Waals surface area contributed by atoms with E-state index in [1.807, 2.05) is 118 Å². The molecule has 0 radical (unpaired) electrons. The van der Waals surface area contributed by atoms with Crippen molar-refractivity contribution < 1.29 is 19.1 Å². The maximum absolute atomic E-state index is 13.2. The molecule has 2 aromatic heterocycles. The van der Waals surface area contributed by atoms with Crippen LogP contribution in [0, 0.1) is 0 Å². The topological polar surface area (TPSA) is 113 Å². The number of carbonyl (C=O) groups excluding carboxylic acids is 2. The van der Waals surface area contributed by atoms with E-state index in [9.17, 15) is 9.59 Å². The van der Waals surface area contributed by atoms with Crippen LogP contribution in [-0.4, -0.2) is 55.7 Å². The predicted molar refractivity (Wildman–Crippen MR) is 184 cm³/mol. The fourth-order valence-electron chi connectivity index (χ4n) is 6.26.